The Kier molecular flexibility index (Phi) is 3.84. The third kappa shape index (κ3) is 2.03. The molecule has 2 fully saturated rings. The van der Waals surface area contributed by atoms with Gasteiger partial charge in [-0.3, -0.25) is 0 Å². The highest BCUT2D eigenvalue weighted by molar-refractivity contribution is 5.27. The van der Waals surface area contributed by atoms with Crippen LogP contribution in [0.2, 0.25) is 0 Å². The quantitative estimate of drug-likeness (QED) is 0.473. The lowest BCUT2D eigenvalue weighted by molar-refractivity contribution is -0.213. The van der Waals surface area contributed by atoms with Crippen LogP contribution in [0.25, 0.3) is 0 Å². The molecule has 0 radical (unpaired) electrons. The number of hydrogen-bond donors (Lipinski definition) is 2. The van der Waals surface area contributed by atoms with Gasteiger partial charge in [0.2, 0.25) is 5.82 Å². The van der Waals surface area contributed by atoms with Crippen LogP contribution in [0.15, 0.2) is 0 Å². The van der Waals surface area contributed by atoms with Crippen molar-refractivity contribution in [2.75, 3.05) is 0 Å². The Hall–Kier alpha value is -1.29. The van der Waals surface area contributed by atoms with E-state index in [2.05, 4.69) is 0 Å². The van der Waals surface area contributed by atoms with E-state index < -0.39 is 52.9 Å². The van der Waals surface area contributed by atoms with Crippen LogP contribution in [0.5, 0.6) is 0 Å². The third-order valence-corrected chi connectivity index (χ3v) is 4.38. The minimum absolute atomic E-state index is 0.449. The molecule has 2 atom stereocenters. The fraction of sp³-hybridized carbons (Fsp3) is 0.538. The summed E-state index contributed by atoms with van der Waals surface area (Å²) in [4.78, 5) is 0. The van der Waals surface area contributed by atoms with Gasteiger partial charge in [-0.25, -0.2) is 22.0 Å². The Morgan fingerprint density at radius 1 is 0.682 bits per heavy atom. The van der Waals surface area contributed by atoms with Gasteiger partial charge in [-0.2, -0.15) is 10.1 Å². The zero-order valence-electron chi connectivity index (χ0n) is 11.2. The summed E-state index contributed by atoms with van der Waals surface area (Å²) in [5, 5.41) is 21.1. The molecule has 1 aromatic carbocycles. The van der Waals surface area contributed by atoms with Crippen LogP contribution in [0.4, 0.5) is 22.0 Å². The summed E-state index contributed by atoms with van der Waals surface area (Å²) in [5.41, 5.74) is -1.25. The highest BCUT2D eigenvalue weighted by Crippen LogP contribution is 2.43. The summed E-state index contributed by atoms with van der Waals surface area (Å²) in [6.07, 6.45) is 0.526. The zero-order chi connectivity index (χ0) is 16.2. The highest BCUT2D eigenvalue weighted by atomic mass is 19.2. The Balaban J connectivity index is 2.11. The second-order valence-electron chi connectivity index (χ2n) is 5.54. The van der Waals surface area contributed by atoms with Crippen molar-refractivity contribution in [3.8, 4) is 0 Å². The first-order chi connectivity index (χ1) is 10.4. The van der Waals surface area contributed by atoms with E-state index in [1.807, 2.05) is 0 Å². The van der Waals surface area contributed by atoms with E-state index in [0.29, 0.717) is 23.0 Å². The fourth-order valence-corrected chi connectivity index (χ4v) is 3.31. The van der Waals surface area contributed by atoms with E-state index in [4.69, 9.17) is 0 Å². The molecule has 3 rings (SSSR count). The molecule has 1 aliphatic heterocycles. The van der Waals surface area contributed by atoms with Crippen LogP contribution in [0, 0.1) is 29.1 Å². The molecule has 0 aromatic heterocycles. The van der Waals surface area contributed by atoms with Crippen LogP contribution in [0.1, 0.15) is 37.4 Å². The topological polar surface area (TPSA) is 46.9 Å². The smallest absolute Gasteiger partial charge is 0.200 e. The molecule has 0 amide bonds. The molecule has 22 heavy (non-hydrogen) atoms. The summed E-state index contributed by atoms with van der Waals surface area (Å²) in [7, 11) is 0. The number of fused-ring (bicyclic) bond motifs is 1. The van der Waals surface area contributed by atoms with Crippen molar-refractivity contribution in [1.29, 1.82) is 0 Å². The van der Waals surface area contributed by atoms with Crippen molar-refractivity contribution >= 4 is 0 Å². The predicted molar refractivity (Wildman–Crippen MR) is 62.3 cm³/mol. The molecule has 9 heteroatoms. The Morgan fingerprint density at radius 3 is 1.45 bits per heavy atom. The third-order valence-electron chi connectivity index (χ3n) is 4.38. The van der Waals surface area contributed by atoms with Crippen LogP contribution in [-0.4, -0.2) is 32.6 Å². The monoisotopic (exact) mass is 324 g/mol. The highest BCUT2D eigenvalue weighted by Gasteiger charge is 2.50. The minimum Gasteiger partial charge on any atom is -0.312 e. The largest absolute Gasteiger partial charge is 0.312 e. The van der Waals surface area contributed by atoms with Gasteiger partial charge in [0, 0.05) is 0 Å². The Labute approximate surface area is 122 Å². The second kappa shape index (κ2) is 5.41. The van der Waals surface area contributed by atoms with Crippen molar-refractivity contribution < 1.29 is 32.4 Å². The average Bonchev–Trinajstić information content (AvgIpc) is 2.77. The first-order valence-electron chi connectivity index (χ1n) is 6.82. The standard InChI is InChI=1S/C13H13F5N2O2/c14-8-7(9(15)11(17)12(18)10(8)16)13-19(21)5-3-1-2-4-6(5)20(13)22/h5-6,13,21-22H,1-4H2/t5-,6-/m1/s1. The molecule has 1 saturated heterocycles. The lowest BCUT2D eigenvalue weighted by Gasteiger charge is -2.27. The van der Waals surface area contributed by atoms with Crippen molar-refractivity contribution in [2.45, 2.75) is 43.9 Å². The van der Waals surface area contributed by atoms with Crippen LogP contribution in [-0.2, 0) is 0 Å². The maximum absolute atomic E-state index is 13.9. The van der Waals surface area contributed by atoms with Crippen LogP contribution in [0.3, 0.4) is 0 Å². The van der Waals surface area contributed by atoms with Crippen molar-refractivity contribution in [1.82, 2.24) is 10.1 Å². The predicted octanol–water partition coefficient (Wildman–Crippen LogP) is 3.09. The van der Waals surface area contributed by atoms with Crippen LogP contribution < -0.4 is 0 Å². The van der Waals surface area contributed by atoms with Crippen LogP contribution >= 0.6 is 0 Å². The van der Waals surface area contributed by atoms with E-state index in [-0.39, 0.29) is 0 Å². The first-order valence-corrected chi connectivity index (χ1v) is 6.82. The number of hydrogen-bond acceptors (Lipinski definition) is 4. The number of nitrogens with zero attached hydrogens (tertiary/aromatic N) is 2. The molecular formula is C13H13F5N2O2. The van der Waals surface area contributed by atoms with E-state index in [1.165, 1.54) is 0 Å². The van der Waals surface area contributed by atoms with Crippen molar-refractivity contribution in [3.05, 3.63) is 34.6 Å². The van der Waals surface area contributed by atoms with Gasteiger partial charge in [-0.1, -0.05) is 12.8 Å². The molecule has 1 aliphatic carbocycles. The molecule has 1 saturated carbocycles. The van der Waals surface area contributed by atoms with Gasteiger partial charge in [0.25, 0.3) is 0 Å². The molecule has 2 N–H and O–H groups in total. The maximum atomic E-state index is 13.9. The van der Waals surface area contributed by atoms with E-state index >= 15 is 0 Å². The molecule has 4 nitrogen and oxygen atoms in total. The average molecular weight is 324 g/mol. The molecule has 122 valence electrons. The Bertz CT molecular complexity index is 568. The first kappa shape index (κ1) is 15.6. The van der Waals surface area contributed by atoms with Crippen molar-refractivity contribution in [3.63, 3.8) is 0 Å². The lowest BCUT2D eigenvalue weighted by Crippen LogP contribution is -2.37. The maximum Gasteiger partial charge on any atom is 0.200 e. The number of benzene rings is 1. The lowest BCUT2D eigenvalue weighted by atomic mass is 9.91. The van der Waals surface area contributed by atoms with E-state index in [0.717, 1.165) is 12.8 Å². The van der Waals surface area contributed by atoms with Gasteiger partial charge in [-0.05, 0) is 12.8 Å². The summed E-state index contributed by atoms with van der Waals surface area (Å²) in [6, 6.07) is -1.25. The molecule has 0 spiro atoms. The number of hydroxylamine groups is 4. The number of rotatable bonds is 1. The fourth-order valence-electron chi connectivity index (χ4n) is 3.31. The normalized spacial score (nSPS) is 27.4. The van der Waals surface area contributed by atoms with Gasteiger partial charge in [0.15, 0.2) is 23.3 Å². The second-order valence-corrected chi connectivity index (χ2v) is 5.54. The van der Waals surface area contributed by atoms with E-state index in [9.17, 15) is 32.4 Å². The zero-order valence-corrected chi connectivity index (χ0v) is 11.2. The molecule has 2 aliphatic rings. The Morgan fingerprint density at radius 2 is 1.05 bits per heavy atom. The van der Waals surface area contributed by atoms with Gasteiger partial charge in [-0.15, -0.1) is 0 Å². The van der Waals surface area contributed by atoms with Crippen molar-refractivity contribution in [2.24, 2.45) is 0 Å². The van der Waals surface area contributed by atoms with E-state index in [1.54, 1.807) is 0 Å². The minimum atomic E-state index is -2.27. The molecule has 1 heterocycles. The summed E-state index contributed by atoms with van der Waals surface area (Å²) in [5.74, 6) is -10.6. The molecule has 0 unspecified atom stereocenters. The van der Waals surface area contributed by atoms with Gasteiger partial charge < -0.3 is 10.4 Å². The van der Waals surface area contributed by atoms with Gasteiger partial charge in [0.05, 0.1) is 17.6 Å². The summed E-state index contributed by atoms with van der Waals surface area (Å²) in [6.45, 7) is 0. The number of halogens is 5. The molecule has 0 bridgehead atoms. The summed E-state index contributed by atoms with van der Waals surface area (Å²) < 4.78 is 67.5. The van der Waals surface area contributed by atoms with Gasteiger partial charge in [0.1, 0.15) is 6.17 Å². The SMILES string of the molecule is ON1C(c2c(F)c(F)c(F)c(F)c2F)N(O)[C@@H]2CCCC[C@H]21. The summed E-state index contributed by atoms with van der Waals surface area (Å²) >= 11 is 0. The van der Waals surface area contributed by atoms with Gasteiger partial charge >= 0.3 is 0 Å². The molecular weight excluding hydrogens is 311 g/mol. The molecule has 1 aromatic rings.